The van der Waals surface area contributed by atoms with Crippen molar-refractivity contribution in [3.05, 3.63) is 63.9 Å². The van der Waals surface area contributed by atoms with Gasteiger partial charge in [0, 0.05) is 48.7 Å². The second kappa shape index (κ2) is 8.97. The molecule has 4 heterocycles. The van der Waals surface area contributed by atoms with E-state index < -0.39 is 0 Å². The minimum atomic E-state index is -0.112. The van der Waals surface area contributed by atoms with Crippen molar-refractivity contribution in [2.24, 2.45) is 0 Å². The van der Waals surface area contributed by atoms with E-state index >= 15 is 0 Å². The van der Waals surface area contributed by atoms with E-state index in [1.807, 2.05) is 19.1 Å². The van der Waals surface area contributed by atoms with Gasteiger partial charge in [0.05, 0.1) is 16.4 Å². The van der Waals surface area contributed by atoms with Gasteiger partial charge in [-0.3, -0.25) is 9.78 Å². The first-order chi connectivity index (χ1) is 14.2. The number of carbonyl (C=O) groups excluding carboxylic acids is 1. The summed E-state index contributed by atoms with van der Waals surface area (Å²) in [6.45, 7) is 2.41. The molecule has 29 heavy (non-hydrogen) atoms. The quantitative estimate of drug-likeness (QED) is 0.456. The Morgan fingerprint density at radius 2 is 1.90 bits per heavy atom. The molecule has 7 nitrogen and oxygen atoms in total. The van der Waals surface area contributed by atoms with Gasteiger partial charge in [-0.2, -0.15) is 0 Å². The van der Waals surface area contributed by atoms with E-state index in [1.54, 1.807) is 42.2 Å². The highest BCUT2D eigenvalue weighted by atomic mass is 32.1. The van der Waals surface area contributed by atoms with Gasteiger partial charge in [0.15, 0.2) is 10.8 Å². The van der Waals surface area contributed by atoms with Gasteiger partial charge in [-0.05, 0) is 31.5 Å². The van der Waals surface area contributed by atoms with Crippen LogP contribution in [0.1, 0.15) is 26.8 Å². The predicted octanol–water partition coefficient (Wildman–Crippen LogP) is 3.79. The highest BCUT2D eigenvalue weighted by Crippen LogP contribution is 2.25. The molecular weight excluding hydrogens is 404 g/mol. The van der Waals surface area contributed by atoms with Gasteiger partial charge >= 0.3 is 0 Å². The fourth-order valence-electron chi connectivity index (χ4n) is 2.72. The van der Waals surface area contributed by atoms with Crippen LogP contribution in [0.4, 0.5) is 0 Å². The van der Waals surface area contributed by atoms with Crippen molar-refractivity contribution in [1.29, 1.82) is 0 Å². The number of hydrogen-bond acceptors (Lipinski definition) is 8. The molecule has 0 unspecified atom stereocenters. The first kappa shape index (κ1) is 19.3. The second-order valence-corrected chi connectivity index (χ2v) is 8.17. The number of thiazole rings is 2. The maximum absolute atomic E-state index is 12.5. The first-order valence-corrected chi connectivity index (χ1v) is 10.8. The molecule has 9 heteroatoms. The predicted molar refractivity (Wildman–Crippen MR) is 114 cm³/mol. The zero-order chi connectivity index (χ0) is 20.1. The Balaban J connectivity index is 1.30. The molecule has 0 saturated carbocycles. The summed E-state index contributed by atoms with van der Waals surface area (Å²) >= 11 is 2.95. The average Bonchev–Trinajstić information content (AvgIpc) is 3.39. The molecule has 4 rings (SSSR count). The summed E-state index contributed by atoms with van der Waals surface area (Å²) in [5.74, 6) is 0.423. The van der Waals surface area contributed by atoms with Crippen LogP contribution in [0.25, 0.3) is 22.1 Å². The van der Waals surface area contributed by atoms with Crippen molar-refractivity contribution in [3.8, 4) is 22.1 Å². The van der Waals surface area contributed by atoms with Gasteiger partial charge in [-0.1, -0.05) is 0 Å². The largest absolute Gasteiger partial charge is 0.351 e. The normalized spacial score (nSPS) is 10.8. The maximum Gasteiger partial charge on any atom is 0.263 e. The lowest BCUT2D eigenvalue weighted by atomic mass is 10.2. The van der Waals surface area contributed by atoms with E-state index in [2.05, 4.69) is 35.6 Å². The third-order valence-electron chi connectivity index (χ3n) is 4.14. The summed E-state index contributed by atoms with van der Waals surface area (Å²) in [6.07, 6.45) is 8.50. The van der Waals surface area contributed by atoms with Gasteiger partial charge in [0.2, 0.25) is 0 Å². The van der Waals surface area contributed by atoms with Crippen molar-refractivity contribution in [2.75, 3.05) is 6.54 Å². The van der Waals surface area contributed by atoms with E-state index in [0.29, 0.717) is 27.9 Å². The van der Waals surface area contributed by atoms with Gasteiger partial charge in [-0.15, -0.1) is 22.7 Å². The molecule has 1 amide bonds. The summed E-state index contributed by atoms with van der Waals surface area (Å²) < 4.78 is 0. The van der Waals surface area contributed by atoms with Crippen LogP contribution in [0.3, 0.4) is 0 Å². The fraction of sp³-hybridized carbons (Fsp3) is 0.200. The van der Waals surface area contributed by atoms with Gasteiger partial charge < -0.3 is 5.32 Å². The maximum atomic E-state index is 12.5. The topological polar surface area (TPSA) is 93.5 Å². The molecule has 146 valence electrons. The minimum Gasteiger partial charge on any atom is -0.351 e. The van der Waals surface area contributed by atoms with Crippen LogP contribution in [0.15, 0.2) is 48.4 Å². The lowest BCUT2D eigenvalue weighted by Gasteiger charge is -2.03. The first-order valence-electron chi connectivity index (χ1n) is 9.08. The number of pyridine rings is 1. The Morgan fingerprint density at radius 3 is 2.69 bits per heavy atom. The Bertz CT molecular complexity index is 1090. The van der Waals surface area contributed by atoms with Crippen LogP contribution in [0.5, 0.6) is 0 Å². The molecule has 0 saturated heterocycles. The molecule has 0 aliphatic heterocycles. The molecular formula is C20H18N6OS2. The van der Waals surface area contributed by atoms with E-state index in [4.69, 9.17) is 0 Å². The SMILES string of the molecule is Cc1nc(-c2ncccn2)sc1C(=O)NCCCc1nc(-c2ccncc2)cs1. The van der Waals surface area contributed by atoms with Gasteiger partial charge in [-0.25, -0.2) is 19.9 Å². The Hall–Kier alpha value is -3.04. The molecule has 4 aromatic rings. The third kappa shape index (κ3) is 4.69. The monoisotopic (exact) mass is 422 g/mol. The molecule has 0 fully saturated rings. The molecule has 4 aromatic heterocycles. The molecule has 0 spiro atoms. The standard InChI is InChI=1S/C20H18N6OS2/c1-13-17(29-20(25-13)18-22-8-3-9-23-18)19(27)24-7-2-4-16-26-15(12-28-16)14-5-10-21-11-6-14/h3,5-6,8-12H,2,4,7H2,1H3,(H,24,27). The number of aryl methyl sites for hydroxylation is 2. The number of carbonyl (C=O) groups is 1. The summed E-state index contributed by atoms with van der Waals surface area (Å²) in [5.41, 5.74) is 2.72. The van der Waals surface area contributed by atoms with Crippen molar-refractivity contribution >= 4 is 28.6 Å². The summed E-state index contributed by atoms with van der Waals surface area (Å²) in [7, 11) is 0. The van der Waals surface area contributed by atoms with Crippen LogP contribution >= 0.6 is 22.7 Å². The Kier molecular flexibility index (Phi) is 5.97. The van der Waals surface area contributed by atoms with Crippen LogP contribution in [0, 0.1) is 6.92 Å². The molecule has 0 radical (unpaired) electrons. The van der Waals surface area contributed by atoms with Crippen molar-refractivity contribution in [3.63, 3.8) is 0 Å². The Labute approximate surface area is 176 Å². The van der Waals surface area contributed by atoms with E-state index in [9.17, 15) is 4.79 Å². The van der Waals surface area contributed by atoms with Crippen LogP contribution in [0.2, 0.25) is 0 Å². The van der Waals surface area contributed by atoms with Gasteiger partial charge in [0.25, 0.3) is 5.91 Å². The summed E-state index contributed by atoms with van der Waals surface area (Å²) in [6, 6.07) is 5.65. The number of hydrogen-bond donors (Lipinski definition) is 1. The minimum absolute atomic E-state index is 0.112. The Morgan fingerprint density at radius 1 is 1.10 bits per heavy atom. The smallest absolute Gasteiger partial charge is 0.263 e. The van der Waals surface area contributed by atoms with Crippen molar-refractivity contribution in [1.82, 2.24) is 30.2 Å². The number of rotatable bonds is 7. The van der Waals surface area contributed by atoms with Crippen LogP contribution in [-0.2, 0) is 6.42 Å². The van der Waals surface area contributed by atoms with Crippen LogP contribution < -0.4 is 5.32 Å². The van der Waals surface area contributed by atoms with E-state index in [1.165, 1.54) is 11.3 Å². The van der Waals surface area contributed by atoms with Crippen LogP contribution in [-0.4, -0.2) is 37.4 Å². The molecule has 0 aromatic carbocycles. The lowest BCUT2D eigenvalue weighted by Crippen LogP contribution is -2.24. The zero-order valence-electron chi connectivity index (χ0n) is 15.7. The molecule has 0 atom stereocenters. The third-order valence-corrected chi connectivity index (χ3v) is 6.20. The number of aromatic nitrogens is 5. The van der Waals surface area contributed by atoms with E-state index in [0.717, 1.165) is 29.1 Å². The molecule has 0 bridgehead atoms. The highest BCUT2D eigenvalue weighted by Gasteiger charge is 2.17. The number of amides is 1. The van der Waals surface area contributed by atoms with Crippen molar-refractivity contribution < 1.29 is 4.79 Å². The molecule has 0 aliphatic carbocycles. The molecule has 1 N–H and O–H groups in total. The highest BCUT2D eigenvalue weighted by molar-refractivity contribution is 7.17. The van der Waals surface area contributed by atoms with Gasteiger partial charge in [0.1, 0.15) is 4.88 Å². The average molecular weight is 423 g/mol. The molecule has 0 aliphatic rings. The number of nitrogens with zero attached hydrogens (tertiary/aromatic N) is 5. The number of nitrogens with one attached hydrogen (secondary N) is 1. The zero-order valence-corrected chi connectivity index (χ0v) is 17.3. The van der Waals surface area contributed by atoms with Crippen molar-refractivity contribution in [2.45, 2.75) is 19.8 Å². The summed E-state index contributed by atoms with van der Waals surface area (Å²) in [5, 5.41) is 6.74. The second-order valence-electron chi connectivity index (χ2n) is 6.23. The summed E-state index contributed by atoms with van der Waals surface area (Å²) in [4.78, 5) is 34.6. The lowest BCUT2D eigenvalue weighted by molar-refractivity contribution is 0.0956. The fourth-order valence-corrected chi connectivity index (χ4v) is 4.50. The van der Waals surface area contributed by atoms with E-state index in [-0.39, 0.29) is 5.91 Å².